The lowest BCUT2D eigenvalue weighted by atomic mass is 10.1. The minimum absolute atomic E-state index is 0.0678. The Morgan fingerprint density at radius 3 is 2.43 bits per heavy atom. The number of carboxylic acid groups (broad SMARTS) is 1. The Kier molecular flexibility index (Phi) is 5.29. The fraction of sp³-hybridized carbons (Fsp3) is 0.357. The third kappa shape index (κ3) is 6.42. The molecule has 0 bridgehead atoms. The van der Waals surface area contributed by atoms with Gasteiger partial charge in [0.05, 0.1) is 12.1 Å². The summed E-state index contributed by atoms with van der Waals surface area (Å²) in [7, 11) is 0. The smallest absolute Gasteiger partial charge is 0.335 e. The average Bonchev–Trinajstić information content (AvgIpc) is 2.34. The van der Waals surface area contributed by atoms with Crippen LogP contribution in [0.5, 0.6) is 0 Å². The summed E-state index contributed by atoms with van der Waals surface area (Å²) in [5.74, 6) is -1.39. The number of anilines is 1. The van der Waals surface area contributed by atoms with E-state index in [9.17, 15) is 14.4 Å². The van der Waals surface area contributed by atoms with Crippen molar-refractivity contribution in [2.24, 2.45) is 0 Å². The Hall–Kier alpha value is -2.57. The predicted octanol–water partition coefficient (Wildman–Crippen LogP) is 1.42. The number of hydrogen-bond donors (Lipinski definition) is 4. The van der Waals surface area contributed by atoms with E-state index in [1.54, 1.807) is 6.07 Å². The van der Waals surface area contributed by atoms with Crippen LogP contribution in [0.2, 0.25) is 0 Å². The van der Waals surface area contributed by atoms with Gasteiger partial charge in [0.15, 0.2) is 0 Å². The van der Waals surface area contributed by atoms with Gasteiger partial charge in [-0.05, 0) is 39.0 Å². The Labute approximate surface area is 122 Å². The third-order valence-corrected chi connectivity index (χ3v) is 2.29. The highest BCUT2D eigenvalue weighted by atomic mass is 16.4. The fourth-order valence-corrected chi connectivity index (χ4v) is 1.53. The van der Waals surface area contributed by atoms with Crippen LogP contribution < -0.4 is 16.0 Å². The van der Waals surface area contributed by atoms with Crippen molar-refractivity contribution < 1.29 is 19.5 Å². The van der Waals surface area contributed by atoms with E-state index in [1.807, 2.05) is 20.8 Å². The second-order valence-corrected chi connectivity index (χ2v) is 5.49. The van der Waals surface area contributed by atoms with Crippen LogP contribution in [0.3, 0.4) is 0 Å². The summed E-state index contributed by atoms with van der Waals surface area (Å²) in [5, 5.41) is 16.4. The summed E-state index contributed by atoms with van der Waals surface area (Å²) in [6.45, 7) is 5.34. The van der Waals surface area contributed by atoms with Crippen LogP contribution in [0, 0.1) is 0 Å². The number of urea groups is 1. The fourth-order valence-electron chi connectivity index (χ4n) is 1.53. The van der Waals surface area contributed by atoms with Crippen LogP contribution in [-0.2, 0) is 4.79 Å². The van der Waals surface area contributed by atoms with E-state index in [0.29, 0.717) is 5.69 Å². The summed E-state index contributed by atoms with van der Waals surface area (Å²) < 4.78 is 0. The van der Waals surface area contributed by atoms with Crippen molar-refractivity contribution in [3.63, 3.8) is 0 Å². The van der Waals surface area contributed by atoms with E-state index in [2.05, 4.69) is 16.0 Å². The summed E-state index contributed by atoms with van der Waals surface area (Å²) >= 11 is 0. The molecule has 7 heteroatoms. The quantitative estimate of drug-likeness (QED) is 0.673. The first-order valence-electron chi connectivity index (χ1n) is 6.36. The standard InChI is InChI=1S/C14H19N3O4/c1-14(2,3)17-11(18)8-15-13(21)16-10-6-4-5-9(7-10)12(19)20/h4-7H,8H2,1-3H3,(H,17,18)(H,19,20)(H2,15,16,21). The molecule has 0 unspecified atom stereocenters. The zero-order valence-electron chi connectivity index (χ0n) is 12.2. The van der Waals surface area contributed by atoms with E-state index in [1.165, 1.54) is 18.2 Å². The lowest BCUT2D eigenvalue weighted by Gasteiger charge is -2.20. The van der Waals surface area contributed by atoms with Gasteiger partial charge < -0.3 is 21.1 Å². The number of carbonyl (C=O) groups is 3. The zero-order valence-corrected chi connectivity index (χ0v) is 12.2. The molecule has 0 aromatic heterocycles. The molecule has 7 nitrogen and oxygen atoms in total. The number of amides is 3. The highest BCUT2D eigenvalue weighted by molar-refractivity contribution is 5.94. The Morgan fingerprint density at radius 2 is 1.86 bits per heavy atom. The molecular formula is C14H19N3O4. The van der Waals surface area contributed by atoms with E-state index in [0.717, 1.165) is 0 Å². The van der Waals surface area contributed by atoms with Gasteiger partial charge in [0, 0.05) is 11.2 Å². The summed E-state index contributed by atoms with van der Waals surface area (Å²) in [6, 6.07) is 5.24. The number of carboxylic acids is 1. The number of rotatable bonds is 4. The lowest BCUT2D eigenvalue weighted by Crippen LogP contribution is -2.46. The topological polar surface area (TPSA) is 108 Å². The minimum Gasteiger partial charge on any atom is -0.478 e. The zero-order chi connectivity index (χ0) is 16.0. The van der Waals surface area contributed by atoms with Gasteiger partial charge in [-0.3, -0.25) is 4.79 Å². The molecule has 0 heterocycles. The van der Waals surface area contributed by atoms with E-state index < -0.39 is 12.0 Å². The second kappa shape index (κ2) is 6.74. The van der Waals surface area contributed by atoms with Crippen molar-refractivity contribution in [2.75, 3.05) is 11.9 Å². The van der Waals surface area contributed by atoms with Crippen molar-refractivity contribution in [1.82, 2.24) is 10.6 Å². The lowest BCUT2D eigenvalue weighted by molar-refractivity contribution is -0.121. The van der Waals surface area contributed by atoms with Crippen molar-refractivity contribution >= 4 is 23.6 Å². The van der Waals surface area contributed by atoms with Crippen molar-refractivity contribution in [2.45, 2.75) is 26.3 Å². The average molecular weight is 293 g/mol. The van der Waals surface area contributed by atoms with E-state index in [-0.39, 0.29) is 23.6 Å². The molecule has 0 spiro atoms. The normalized spacial score (nSPS) is 10.6. The maximum absolute atomic E-state index is 11.6. The molecule has 0 saturated heterocycles. The summed E-state index contributed by atoms with van der Waals surface area (Å²) in [5.41, 5.74) is 0.0346. The van der Waals surface area contributed by atoms with Gasteiger partial charge in [0.25, 0.3) is 0 Å². The van der Waals surface area contributed by atoms with Gasteiger partial charge in [-0.25, -0.2) is 9.59 Å². The molecule has 21 heavy (non-hydrogen) atoms. The molecule has 114 valence electrons. The molecule has 0 aliphatic rings. The SMILES string of the molecule is CC(C)(C)NC(=O)CNC(=O)Nc1cccc(C(=O)O)c1. The number of aromatic carboxylic acids is 1. The predicted molar refractivity (Wildman–Crippen MR) is 78.3 cm³/mol. The molecule has 0 radical (unpaired) electrons. The minimum atomic E-state index is -1.08. The van der Waals surface area contributed by atoms with Crippen LogP contribution in [0.4, 0.5) is 10.5 Å². The molecular weight excluding hydrogens is 274 g/mol. The number of hydrogen-bond acceptors (Lipinski definition) is 3. The molecule has 4 N–H and O–H groups in total. The van der Waals surface area contributed by atoms with Gasteiger partial charge in [-0.2, -0.15) is 0 Å². The molecule has 0 aliphatic carbocycles. The largest absolute Gasteiger partial charge is 0.478 e. The molecule has 3 amide bonds. The summed E-state index contributed by atoms with van der Waals surface area (Å²) in [6.07, 6.45) is 0. The Bertz CT molecular complexity index is 549. The van der Waals surface area contributed by atoms with Crippen LogP contribution in [-0.4, -0.2) is 35.1 Å². The first kappa shape index (κ1) is 16.5. The van der Waals surface area contributed by atoms with E-state index in [4.69, 9.17) is 5.11 Å². The first-order valence-corrected chi connectivity index (χ1v) is 6.36. The third-order valence-electron chi connectivity index (χ3n) is 2.29. The highest BCUT2D eigenvalue weighted by Gasteiger charge is 2.14. The van der Waals surface area contributed by atoms with Gasteiger partial charge in [-0.15, -0.1) is 0 Å². The Balaban J connectivity index is 2.49. The maximum atomic E-state index is 11.6. The van der Waals surface area contributed by atoms with Crippen LogP contribution in [0.1, 0.15) is 31.1 Å². The van der Waals surface area contributed by atoms with Gasteiger partial charge in [0.2, 0.25) is 5.91 Å². The van der Waals surface area contributed by atoms with Crippen LogP contribution >= 0.6 is 0 Å². The molecule has 0 fully saturated rings. The molecule has 1 rings (SSSR count). The van der Waals surface area contributed by atoms with Gasteiger partial charge >= 0.3 is 12.0 Å². The van der Waals surface area contributed by atoms with Crippen LogP contribution in [0.25, 0.3) is 0 Å². The van der Waals surface area contributed by atoms with E-state index >= 15 is 0 Å². The first-order chi connectivity index (χ1) is 9.67. The van der Waals surface area contributed by atoms with Crippen molar-refractivity contribution in [1.29, 1.82) is 0 Å². The molecule has 0 aliphatic heterocycles. The summed E-state index contributed by atoms with van der Waals surface area (Å²) in [4.78, 5) is 33.9. The van der Waals surface area contributed by atoms with Gasteiger partial charge in [-0.1, -0.05) is 6.07 Å². The monoisotopic (exact) mass is 293 g/mol. The number of nitrogens with one attached hydrogen (secondary N) is 3. The van der Waals surface area contributed by atoms with Crippen LogP contribution in [0.15, 0.2) is 24.3 Å². The molecule has 0 atom stereocenters. The van der Waals surface area contributed by atoms with Gasteiger partial charge in [0.1, 0.15) is 0 Å². The Morgan fingerprint density at radius 1 is 1.19 bits per heavy atom. The number of carbonyl (C=O) groups excluding carboxylic acids is 2. The molecule has 1 aromatic rings. The molecule has 1 aromatic carbocycles. The maximum Gasteiger partial charge on any atom is 0.335 e. The van der Waals surface area contributed by atoms with Crippen molar-refractivity contribution in [3.8, 4) is 0 Å². The number of benzene rings is 1. The second-order valence-electron chi connectivity index (χ2n) is 5.49. The highest BCUT2D eigenvalue weighted by Crippen LogP contribution is 2.10. The van der Waals surface area contributed by atoms with Crippen molar-refractivity contribution in [3.05, 3.63) is 29.8 Å². The molecule has 0 saturated carbocycles.